The van der Waals surface area contributed by atoms with Gasteiger partial charge in [-0.1, -0.05) is 29.8 Å². The fourth-order valence-corrected chi connectivity index (χ4v) is 8.20. The molecular formula is C40H32ClN7O5. The second-order valence-electron chi connectivity index (χ2n) is 13.6. The first-order chi connectivity index (χ1) is 25.7. The van der Waals surface area contributed by atoms with E-state index >= 15 is 0 Å². The van der Waals surface area contributed by atoms with E-state index in [0.717, 1.165) is 56.2 Å². The number of halogens is 1. The van der Waals surface area contributed by atoms with Crippen LogP contribution in [-0.2, 0) is 16.0 Å². The minimum Gasteiger partial charge on any atom is -0.368 e. The Hall–Kier alpha value is -6.14. The summed E-state index contributed by atoms with van der Waals surface area (Å²) in [7, 11) is 0. The molecule has 12 nitrogen and oxygen atoms in total. The van der Waals surface area contributed by atoms with Gasteiger partial charge in [0.15, 0.2) is 5.78 Å². The number of piperazine rings is 1. The van der Waals surface area contributed by atoms with Gasteiger partial charge in [-0.15, -0.1) is 0 Å². The summed E-state index contributed by atoms with van der Waals surface area (Å²) in [4.78, 5) is 72.6. The maximum absolute atomic E-state index is 13.5. The molecule has 0 radical (unpaired) electrons. The number of nitrogens with one attached hydrogen (secondary N) is 1. The molecule has 5 aromatic rings. The van der Waals surface area contributed by atoms with Crippen molar-refractivity contribution in [2.45, 2.75) is 31.7 Å². The number of benzene rings is 3. The van der Waals surface area contributed by atoms with Gasteiger partial charge in [-0.3, -0.25) is 39.2 Å². The van der Waals surface area contributed by atoms with Gasteiger partial charge in [0, 0.05) is 80.0 Å². The molecular weight excluding hydrogens is 694 g/mol. The highest BCUT2D eigenvalue weighted by Crippen LogP contribution is 2.39. The van der Waals surface area contributed by atoms with Crippen LogP contribution in [0.5, 0.6) is 0 Å². The Balaban J connectivity index is 0.917. The smallest absolute Gasteiger partial charge is 0.263 e. The number of amides is 4. The van der Waals surface area contributed by atoms with Gasteiger partial charge in [0.1, 0.15) is 11.7 Å². The van der Waals surface area contributed by atoms with Crippen molar-refractivity contribution in [1.29, 1.82) is 0 Å². The van der Waals surface area contributed by atoms with Crippen molar-refractivity contribution in [2.24, 2.45) is 0 Å². The number of carbonyl (C=O) groups is 5. The maximum atomic E-state index is 13.5. The third-order valence-electron chi connectivity index (χ3n) is 10.6. The summed E-state index contributed by atoms with van der Waals surface area (Å²) in [6.07, 6.45) is 6.98. The zero-order valence-electron chi connectivity index (χ0n) is 28.4. The first kappa shape index (κ1) is 32.7. The Morgan fingerprint density at radius 1 is 0.698 bits per heavy atom. The Morgan fingerprint density at radius 3 is 2.17 bits per heavy atom. The summed E-state index contributed by atoms with van der Waals surface area (Å²) < 4.78 is 1.88. The van der Waals surface area contributed by atoms with Crippen molar-refractivity contribution in [3.8, 4) is 28.1 Å². The topological polar surface area (TPSA) is 138 Å². The molecule has 1 aliphatic carbocycles. The average molecular weight is 726 g/mol. The highest BCUT2D eigenvalue weighted by molar-refractivity contribution is 6.39. The minimum atomic E-state index is -1.05. The number of piperidine rings is 1. The lowest BCUT2D eigenvalue weighted by atomic mass is 9.98. The Labute approximate surface area is 309 Å². The number of ketones is 1. The molecule has 1 N–H and O–H groups in total. The summed E-state index contributed by atoms with van der Waals surface area (Å²) in [5.41, 5.74) is 8.51. The minimum absolute atomic E-state index is 0.0493. The maximum Gasteiger partial charge on any atom is 0.263 e. The van der Waals surface area contributed by atoms with Crippen molar-refractivity contribution >= 4 is 52.4 Å². The molecule has 4 aliphatic rings. The molecule has 0 saturated carbocycles. The zero-order valence-corrected chi connectivity index (χ0v) is 29.2. The van der Waals surface area contributed by atoms with Gasteiger partial charge >= 0.3 is 0 Å². The van der Waals surface area contributed by atoms with Gasteiger partial charge in [0.25, 0.3) is 11.8 Å². The monoisotopic (exact) mass is 725 g/mol. The molecule has 53 heavy (non-hydrogen) atoms. The van der Waals surface area contributed by atoms with Crippen LogP contribution >= 0.6 is 11.6 Å². The second kappa shape index (κ2) is 12.8. The highest BCUT2D eigenvalue weighted by atomic mass is 35.5. The molecule has 2 fully saturated rings. The number of imide groups is 2. The quantitative estimate of drug-likeness (QED) is 0.237. The van der Waals surface area contributed by atoms with E-state index in [1.807, 2.05) is 47.3 Å². The molecule has 13 heteroatoms. The van der Waals surface area contributed by atoms with E-state index in [1.54, 1.807) is 24.5 Å². The predicted molar refractivity (Wildman–Crippen MR) is 197 cm³/mol. The fraction of sp³-hybridized carbons (Fsp3) is 0.225. The zero-order chi connectivity index (χ0) is 36.4. The molecule has 1 atom stereocenters. The van der Waals surface area contributed by atoms with Crippen LogP contribution in [0.2, 0.25) is 5.02 Å². The number of anilines is 2. The van der Waals surface area contributed by atoms with E-state index in [1.165, 1.54) is 0 Å². The summed E-state index contributed by atoms with van der Waals surface area (Å²) in [6, 6.07) is 20.5. The number of fused-ring (bicyclic) bond motifs is 2. The number of Topliss-reactive ketones (excluding diaryl/α,β-unsaturated/α-hetero) is 1. The lowest BCUT2D eigenvalue weighted by Gasteiger charge is -2.38. The normalized spacial score (nSPS) is 18.5. The molecule has 5 heterocycles. The van der Waals surface area contributed by atoms with Crippen LogP contribution in [0, 0.1) is 0 Å². The van der Waals surface area contributed by atoms with Gasteiger partial charge in [-0.2, -0.15) is 5.10 Å². The van der Waals surface area contributed by atoms with Gasteiger partial charge in [-0.05, 0) is 72.5 Å². The summed E-state index contributed by atoms with van der Waals surface area (Å²) in [6.45, 7) is 2.65. The molecule has 3 aliphatic heterocycles. The predicted octanol–water partition coefficient (Wildman–Crippen LogP) is 5.11. The van der Waals surface area contributed by atoms with Crippen LogP contribution < -0.4 is 15.1 Å². The number of pyridine rings is 1. The van der Waals surface area contributed by atoms with Crippen molar-refractivity contribution < 1.29 is 24.0 Å². The van der Waals surface area contributed by atoms with E-state index in [0.29, 0.717) is 38.3 Å². The molecule has 9 rings (SSSR count). The number of nitrogens with zero attached hydrogens (tertiary/aromatic N) is 6. The number of rotatable bonds is 6. The molecule has 264 valence electrons. The van der Waals surface area contributed by atoms with Crippen molar-refractivity contribution in [2.75, 3.05) is 36.0 Å². The average Bonchev–Trinajstić information content (AvgIpc) is 3.86. The van der Waals surface area contributed by atoms with Crippen LogP contribution in [0.1, 0.15) is 55.9 Å². The fourth-order valence-electron chi connectivity index (χ4n) is 7.84. The van der Waals surface area contributed by atoms with Crippen molar-refractivity contribution in [1.82, 2.24) is 25.0 Å². The Kier molecular flexibility index (Phi) is 7.92. The third kappa shape index (κ3) is 5.57. The lowest BCUT2D eigenvalue weighted by Crippen LogP contribution is -2.54. The summed E-state index contributed by atoms with van der Waals surface area (Å²) in [5.74, 6) is -2.09. The molecule has 1 unspecified atom stereocenters. The first-order valence-electron chi connectivity index (χ1n) is 17.6. The highest BCUT2D eigenvalue weighted by Gasteiger charge is 2.46. The van der Waals surface area contributed by atoms with Crippen LogP contribution in [0.3, 0.4) is 0 Å². The third-order valence-corrected chi connectivity index (χ3v) is 11.0. The summed E-state index contributed by atoms with van der Waals surface area (Å²) >= 11 is 6.83. The second-order valence-corrected chi connectivity index (χ2v) is 14.0. The first-order valence-corrected chi connectivity index (χ1v) is 17.9. The van der Waals surface area contributed by atoms with Crippen LogP contribution in [0.4, 0.5) is 11.4 Å². The van der Waals surface area contributed by atoms with Crippen molar-refractivity contribution in [3.05, 3.63) is 113 Å². The summed E-state index contributed by atoms with van der Waals surface area (Å²) in [5, 5.41) is 7.42. The molecule has 2 aromatic heterocycles. The van der Waals surface area contributed by atoms with Crippen LogP contribution in [0.25, 0.3) is 28.1 Å². The van der Waals surface area contributed by atoms with Crippen LogP contribution in [-0.4, -0.2) is 81.3 Å². The van der Waals surface area contributed by atoms with E-state index in [-0.39, 0.29) is 34.8 Å². The van der Waals surface area contributed by atoms with Crippen LogP contribution in [0.15, 0.2) is 85.3 Å². The number of hydrogen-bond acceptors (Lipinski definition) is 9. The van der Waals surface area contributed by atoms with E-state index < -0.39 is 29.7 Å². The van der Waals surface area contributed by atoms with Gasteiger partial charge in [0.05, 0.1) is 27.5 Å². The lowest BCUT2D eigenvalue weighted by molar-refractivity contribution is -0.136. The number of hydrogen-bond donors (Lipinski definition) is 1. The largest absolute Gasteiger partial charge is 0.368 e. The van der Waals surface area contributed by atoms with Gasteiger partial charge < -0.3 is 9.80 Å². The number of aromatic nitrogens is 3. The van der Waals surface area contributed by atoms with E-state index in [4.69, 9.17) is 16.7 Å². The molecule has 3 aromatic carbocycles. The van der Waals surface area contributed by atoms with Gasteiger partial charge in [-0.25, -0.2) is 4.68 Å². The molecule has 4 amide bonds. The molecule has 2 saturated heterocycles. The SMILES string of the molecule is O=C1CCC(N2C(=O)c3ccc(N4CCN(c5ccc(-n6cc(-c7ccc8c(c7)CCC8=O)c(-c7ccncc7)n6)cc5)CC4)c(Cl)c3C2=O)C(=O)N1. The standard InChI is InChI=1S/C40H32ClN7O5/c41-36-31(9-8-29-35(36)40(53)48(39(29)52)32-10-12-34(50)43-38(32)51)46-19-17-45(18-20-46)26-3-5-27(6-4-26)47-22-30(37(44-47)23-13-15-42-16-14-23)25-1-7-28-24(21-25)2-11-33(28)49/h1,3-9,13-16,21-22,32H,2,10-12,17-20H2,(H,43,50,51). The molecule has 0 spiro atoms. The molecule has 0 bridgehead atoms. The van der Waals surface area contributed by atoms with Gasteiger partial charge in [0.2, 0.25) is 11.8 Å². The van der Waals surface area contributed by atoms with E-state index in [9.17, 15) is 24.0 Å². The van der Waals surface area contributed by atoms with Crippen molar-refractivity contribution in [3.63, 3.8) is 0 Å². The number of aryl methyl sites for hydroxylation is 1. The number of carbonyl (C=O) groups excluding carboxylic acids is 5. The van der Waals surface area contributed by atoms with E-state index in [2.05, 4.69) is 38.3 Å². The Morgan fingerprint density at radius 2 is 1.42 bits per heavy atom. The Bertz CT molecular complexity index is 2370.